The molecule has 2 rings (SSSR count). The number of urea groups is 1. The molecule has 2 saturated heterocycles. The van der Waals surface area contributed by atoms with E-state index in [9.17, 15) is 9.59 Å². The second-order valence-electron chi connectivity index (χ2n) is 5.74. The molecule has 2 heterocycles. The number of amides is 2. The average molecular weight is 254 g/mol. The van der Waals surface area contributed by atoms with Crippen molar-refractivity contribution in [2.75, 3.05) is 19.6 Å². The Morgan fingerprint density at radius 2 is 1.83 bits per heavy atom. The van der Waals surface area contributed by atoms with Crippen LogP contribution in [-0.4, -0.2) is 52.6 Å². The molecule has 0 aromatic rings. The van der Waals surface area contributed by atoms with Gasteiger partial charge in [-0.2, -0.15) is 0 Å². The summed E-state index contributed by atoms with van der Waals surface area (Å²) in [6.45, 7) is 5.98. The smallest absolute Gasteiger partial charge is 0.320 e. The molecule has 2 aliphatic heterocycles. The van der Waals surface area contributed by atoms with Crippen molar-refractivity contribution in [1.29, 1.82) is 0 Å². The van der Waals surface area contributed by atoms with E-state index in [1.54, 1.807) is 4.90 Å². The first-order valence-electron chi connectivity index (χ1n) is 6.77. The summed E-state index contributed by atoms with van der Waals surface area (Å²) in [5.41, 5.74) is 0. The molecule has 0 bridgehead atoms. The van der Waals surface area contributed by atoms with Crippen LogP contribution in [-0.2, 0) is 4.79 Å². The molecule has 0 aromatic heterocycles. The van der Waals surface area contributed by atoms with E-state index in [0.717, 1.165) is 13.0 Å². The van der Waals surface area contributed by atoms with Gasteiger partial charge in [-0.15, -0.1) is 0 Å². The third-order valence-electron chi connectivity index (χ3n) is 4.17. The number of carbonyl (C=O) groups excluding carboxylic acids is 1. The van der Waals surface area contributed by atoms with Crippen molar-refractivity contribution in [1.82, 2.24) is 9.80 Å². The SMILES string of the molecule is CC1CCC(C)N(C(=O)N2CCC(C(=O)O)C2)C1. The molecule has 5 heteroatoms. The van der Waals surface area contributed by atoms with Crippen molar-refractivity contribution in [2.45, 2.75) is 39.2 Å². The Labute approximate surface area is 108 Å². The van der Waals surface area contributed by atoms with Crippen LogP contribution in [0, 0.1) is 11.8 Å². The molecule has 102 valence electrons. The van der Waals surface area contributed by atoms with E-state index >= 15 is 0 Å². The van der Waals surface area contributed by atoms with E-state index in [1.165, 1.54) is 6.42 Å². The van der Waals surface area contributed by atoms with Gasteiger partial charge in [-0.1, -0.05) is 6.92 Å². The Morgan fingerprint density at radius 1 is 1.11 bits per heavy atom. The molecule has 2 aliphatic rings. The maximum Gasteiger partial charge on any atom is 0.320 e. The summed E-state index contributed by atoms with van der Waals surface area (Å²) in [6, 6.07) is 0.301. The quantitative estimate of drug-likeness (QED) is 0.773. The molecule has 0 radical (unpaired) electrons. The fourth-order valence-electron chi connectivity index (χ4n) is 2.87. The van der Waals surface area contributed by atoms with Crippen LogP contribution in [0.1, 0.15) is 33.1 Å². The van der Waals surface area contributed by atoms with Gasteiger partial charge in [0.25, 0.3) is 0 Å². The van der Waals surface area contributed by atoms with Crippen LogP contribution >= 0.6 is 0 Å². The van der Waals surface area contributed by atoms with Gasteiger partial charge >= 0.3 is 12.0 Å². The topological polar surface area (TPSA) is 60.9 Å². The molecule has 3 unspecified atom stereocenters. The largest absolute Gasteiger partial charge is 0.481 e. The number of likely N-dealkylation sites (tertiary alicyclic amines) is 2. The van der Waals surface area contributed by atoms with Gasteiger partial charge in [0.05, 0.1) is 5.92 Å². The third kappa shape index (κ3) is 2.60. The van der Waals surface area contributed by atoms with Crippen LogP contribution in [0.5, 0.6) is 0 Å². The highest BCUT2D eigenvalue weighted by molar-refractivity contribution is 5.77. The Bertz CT molecular complexity index is 345. The van der Waals surface area contributed by atoms with Crippen LogP contribution in [0.3, 0.4) is 0 Å². The Morgan fingerprint density at radius 3 is 2.44 bits per heavy atom. The molecule has 2 fully saturated rings. The first-order valence-corrected chi connectivity index (χ1v) is 6.77. The molecular formula is C13H22N2O3. The fourth-order valence-corrected chi connectivity index (χ4v) is 2.87. The predicted octanol–water partition coefficient (Wildman–Crippen LogP) is 1.63. The van der Waals surface area contributed by atoms with Crippen molar-refractivity contribution < 1.29 is 14.7 Å². The molecule has 0 saturated carbocycles. The number of hydrogen-bond acceptors (Lipinski definition) is 2. The fraction of sp³-hybridized carbons (Fsp3) is 0.846. The summed E-state index contributed by atoms with van der Waals surface area (Å²) < 4.78 is 0. The van der Waals surface area contributed by atoms with Gasteiger partial charge in [0.15, 0.2) is 0 Å². The van der Waals surface area contributed by atoms with Crippen molar-refractivity contribution in [3.8, 4) is 0 Å². The molecule has 2 amide bonds. The minimum atomic E-state index is -0.787. The number of carboxylic acid groups (broad SMARTS) is 1. The number of aliphatic carboxylic acids is 1. The Kier molecular flexibility index (Phi) is 3.78. The number of carboxylic acids is 1. The molecule has 1 N–H and O–H groups in total. The molecule has 18 heavy (non-hydrogen) atoms. The van der Waals surface area contributed by atoms with Crippen LogP contribution in [0.2, 0.25) is 0 Å². The minimum Gasteiger partial charge on any atom is -0.481 e. The maximum absolute atomic E-state index is 12.4. The maximum atomic E-state index is 12.4. The molecule has 3 atom stereocenters. The summed E-state index contributed by atoms with van der Waals surface area (Å²) in [5, 5.41) is 8.97. The summed E-state index contributed by atoms with van der Waals surface area (Å²) in [7, 11) is 0. The zero-order valence-electron chi connectivity index (χ0n) is 11.1. The van der Waals surface area contributed by atoms with E-state index in [1.807, 2.05) is 4.90 Å². The van der Waals surface area contributed by atoms with E-state index in [2.05, 4.69) is 13.8 Å². The summed E-state index contributed by atoms with van der Waals surface area (Å²) in [6.07, 6.45) is 2.80. The second-order valence-corrected chi connectivity index (χ2v) is 5.74. The van der Waals surface area contributed by atoms with Crippen LogP contribution in [0.25, 0.3) is 0 Å². The predicted molar refractivity (Wildman–Crippen MR) is 67.3 cm³/mol. The van der Waals surface area contributed by atoms with Gasteiger partial charge in [-0.3, -0.25) is 4.79 Å². The van der Waals surface area contributed by atoms with Gasteiger partial charge in [0, 0.05) is 25.7 Å². The summed E-state index contributed by atoms with van der Waals surface area (Å²) >= 11 is 0. The lowest BCUT2D eigenvalue weighted by atomic mass is 9.95. The van der Waals surface area contributed by atoms with Crippen molar-refractivity contribution in [2.24, 2.45) is 11.8 Å². The molecule has 0 aromatic carbocycles. The van der Waals surface area contributed by atoms with Crippen LogP contribution < -0.4 is 0 Å². The van der Waals surface area contributed by atoms with Gasteiger partial charge in [-0.25, -0.2) is 4.79 Å². The number of rotatable bonds is 1. The van der Waals surface area contributed by atoms with Crippen molar-refractivity contribution >= 4 is 12.0 Å². The van der Waals surface area contributed by atoms with Gasteiger partial charge < -0.3 is 14.9 Å². The molecule has 0 spiro atoms. The van der Waals surface area contributed by atoms with Gasteiger partial charge in [0.2, 0.25) is 0 Å². The van der Waals surface area contributed by atoms with E-state index in [0.29, 0.717) is 25.4 Å². The highest BCUT2D eigenvalue weighted by Crippen LogP contribution is 2.25. The number of piperidine rings is 1. The van der Waals surface area contributed by atoms with E-state index < -0.39 is 5.97 Å². The summed E-state index contributed by atoms with van der Waals surface area (Å²) in [5.74, 6) is -0.625. The molecular weight excluding hydrogens is 232 g/mol. The number of carbonyl (C=O) groups is 2. The normalized spacial score (nSPS) is 32.7. The lowest BCUT2D eigenvalue weighted by molar-refractivity contribution is -0.141. The zero-order chi connectivity index (χ0) is 13.3. The van der Waals surface area contributed by atoms with Gasteiger partial charge in [-0.05, 0) is 32.1 Å². The highest BCUT2D eigenvalue weighted by atomic mass is 16.4. The first-order chi connectivity index (χ1) is 8.49. The zero-order valence-corrected chi connectivity index (χ0v) is 11.1. The Balaban J connectivity index is 1.97. The van der Waals surface area contributed by atoms with E-state index in [4.69, 9.17) is 5.11 Å². The second kappa shape index (κ2) is 5.16. The number of hydrogen-bond donors (Lipinski definition) is 1. The standard InChI is InChI=1S/C13H22N2O3/c1-9-3-4-10(2)15(7-9)13(18)14-6-5-11(8-14)12(16)17/h9-11H,3-8H2,1-2H3,(H,16,17). The Hall–Kier alpha value is -1.26. The van der Waals surface area contributed by atoms with Crippen molar-refractivity contribution in [3.05, 3.63) is 0 Å². The lowest BCUT2D eigenvalue weighted by Crippen LogP contribution is -2.50. The monoisotopic (exact) mass is 254 g/mol. The van der Waals surface area contributed by atoms with Crippen LogP contribution in [0.15, 0.2) is 0 Å². The third-order valence-corrected chi connectivity index (χ3v) is 4.17. The molecule has 0 aliphatic carbocycles. The van der Waals surface area contributed by atoms with Gasteiger partial charge in [0.1, 0.15) is 0 Å². The van der Waals surface area contributed by atoms with Crippen LogP contribution in [0.4, 0.5) is 4.79 Å². The first kappa shape index (κ1) is 13.2. The van der Waals surface area contributed by atoms with E-state index in [-0.39, 0.29) is 18.0 Å². The lowest BCUT2D eigenvalue weighted by Gasteiger charge is -2.39. The van der Waals surface area contributed by atoms with Crippen molar-refractivity contribution in [3.63, 3.8) is 0 Å². The molecule has 5 nitrogen and oxygen atoms in total. The number of nitrogens with zero attached hydrogens (tertiary/aromatic N) is 2. The summed E-state index contributed by atoms with van der Waals surface area (Å²) in [4.78, 5) is 26.9. The highest BCUT2D eigenvalue weighted by Gasteiger charge is 2.35. The average Bonchev–Trinajstić information content (AvgIpc) is 2.81. The minimum absolute atomic E-state index is 0.0257.